The van der Waals surface area contributed by atoms with Gasteiger partial charge >= 0.3 is 5.97 Å². The molecule has 1 heterocycles. The summed E-state index contributed by atoms with van der Waals surface area (Å²) in [6, 6.07) is 6.11. The Morgan fingerprint density at radius 2 is 2.12 bits per heavy atom. The Labute approximate surface area is 156 Å². The maximum absolute atomic E-state index is 12.7. The molecule has 0 bridgehead atoms. The fourth-order valence-corrected chi connectivity index (χ4v) is 2.82. The maximum Gasteiger partial charge on any atom is 0.326 e. The van der Waals surface area contributed by atoms with Crippen LogP contribution in [0.3, 0.4) is 0 Å². The number of methoxy groups -OCH3 is 1. The molecule has 1 aromatic heterocycles. The minimum atomic E-state index is -1.11. The molecule has 0 aliphatic heterocycles. The van der Waals surface area contributed by atoms with E-state index >= 15 is 0 Å². The van der Waals surface area contributed by atoms with Crippen LogP contribution in [0.2, 0.25) is 5.02 Å². The van der Waals surface area contributed by atoms with Crippen molar-refractivity contribution in [2.24, 2.45) is 0 Å². The van der Waals surface area contributed by atoms with E-state index in [1.54, 1.807) is 22.9 Å². The zero-order chi connectivity index (χ0) is 19.3. The molecule has 26 heavy (non-hydrogen) atoms. The summed E-state index contributed by atoms with van der Waals surface area (Å²) in [4.78, 5) is 24.0. The lowest BCUT2D eigenvalue weighted by Crippen LogP contribution is -2.41. The molecule has 0 saturated carbocycles. The van der Waals surface area contributed by atoms with Gasteiger partial charge < -0.3 is 15.2 Å². The second-order valence-corrected chi connectivity index (χ2v) is 6.57. The van der Waals surface area contributed by atoms with Crippen molar-refractivity contribution in [3.8, 4) is 5.69 Å². The molecule has 0 aliphatic carbocycles. The van der Waals surface area contributed by atoms with E-state index in [0.29, 0.717) is 16.3 Å². The number of carboxylic acids is 1. The van der Waals surface area contributed by atoms with E-state index in [1.165, 1.54) is 13.3 Å². The maximum atomic E-state index is 12.7. The number of halogens is 1. The van der Waals surface area contributed by atoms with E-state index in [1.807, 2.05) is 19.9 Å². The number of ether oxygens (including phenoxy) is 1. The molecule has 7 nitrogen and oxygen atoms in total. The quantitative estimate of drug-likeness (QED) is 0.735. The molecule has 8 heteroatoms. The van der Waals surface area contributed by atoms with Crippen LogP contribution in [0, 0.1) is 0 Å². The first-order chi connectivity index (χ1) is 12.3. The van der Waals surface area contributed by atoms with Crippen molar-refractivity contribution in [3.63, 3.8) is 0 Å². The van der Waals surface area contributed by atoms with Crippen molar-refractivity contribution in [2.45, 2.75) is 32.2 Å². The number of carbonyl (C=O) groups excluding carboxylic acids is 1. The van der Waals surface area contributed by atoms with Gasteiger partial charge in [0, 0.05) is 25.2 Å². The molecular formula is C18H22ClN3O4. The second-order valence-electron chi connectivity index (χ2n) is 6.14. The topological polar surface area (TPSA) is 93.5 Å². The smallest absolute Gasteiger partial charge is 0.326 e. The highest BCUT2D eigenvalue weighted by Crippen LogP contribution is 2.24. The number of rotatable bonds is 8. The summed E-state index contributed by atoms with van der Waals surface area (Å²) in [5.41, 5.74) is 1.75. The van der Waals surface area contributed by atoms with Gasteiger partial charge in [0.15, 0.2) is 0 Å². The van der Waals surface area contributed by atoms with E-state index < -0.39 is 17.9 Å². The highest BCUT2D eigenvalue weighted by atomic mass is 35.5. The van der Waals surface area contributed by atoms with Gasteiger partial charge in [0.05, 0.1) is 23.1 Å². The minimum Gasteiger partial charge on any atom is -0.480 e. The van der Waals surface area contributed by atoms with Crippen LogP contribution < -0.4 is 5.32 Å². The van der Waals surface area contributed by atoms with Crippen LogP contribution in [0.15, 0.2) is 30.5 Å². The molecular weight excluding hydrogens is 358 g/mol. The predicted molar refractivity (Wildman–Crippen MR) is 98.0 cm³/mol. The molecule has 140 valence electrons. The van der Waals surface area contributed by atoms with Gasteiger partial charge in [-0.05, 0) is 24.1 Å². The van der Waals surface area contributed by atoms with Crippen LogP contribution in [0.1, 0.15) is 42.2 Å². The number of aliphatic carboxylic acids is 1. The molecule has 0 radical (unpaired) electrons. The van der Waals surface area contributed by atoms with Crippen LogP contribution >= 0.6 is 11.6 Å². The summed E-state index contributed by atoms with van der Waals surface area (Å²) in [6.07, 6.45) is 1.62. The van der Waals surface area contributed by atoms with E-state index in [-0.39, 0.29) is 18.9 Å². The Kier molecular flexibility index (Phi) is 6.76. The number of nitrogens with zero attached hydrogens (tertiary/aromatic N) is 2. The van der Waals surface area contributed by atoms with Crippen LogP contribution in [-0.2, 0) is 9.53 Å². The third kappa shape index (κ3) is 4.62. The zero-order valence-corrected chi connectivity index (χ0v) is 15.7. The monoisotopic (exact) mass is 379 g/mol. The molecule has 0 spiro atoms. The van der Waals surface area contributed by atoms with E-state index in [0.717, 1.165) is 5.69 Å². The number of carbonyl (C=O) groups is 2. The van der Waals surface area contributed by atoms with Crippen molar-refractivity contribution >= 4 is 23.5 Å². The van der Waals surface area contributed by atoms with E-state index in [2.05, 4.69) is 10.4 Å². The standard InChI is InChI=1S/C18H22ClN3O4/c1-11(2)16-14(17(23)21-15(18(24)25)7-8-26-3)10-20-22(16)13-6-4-5-12(19)9-13/h4-6,9-11,15H,7-8H2,1-3H3,(H,21,23)(H,24,25). The highest BCUT2D eigenvalue weighted by Gasteiger charge is 2.25. The Morgan fingerprint density at radius 1 is 1.38 bits per heavy atom. The average Bonchev–Trinajstić information content (AvgIpc) is 3.03. The van der Waals surface area contributed by atoms with E-state index in [4.69, 9.17) is 16.3 Å². The Morgan fingerprint density at radius 3 is 2.69 bits per heavy atom. The fraction of sp³-hybridized carbons (Fsp3) is 0.389. The van der Waals surface area contributed by atoms with Gasteiger partial charge in [-0.3, -0.25) is 4.79 Å². The first kappa shape index (κ1) is 19.9. The van der Waals surface area contributed by atoms with Crippen molar-refractivity contribution < 1.29 is 19.4 Å². The summed E-state index contributed by atoms with van der Waals surface area (Å²) >= 11 is 6.05. The molecule has 0 fully saturated rings. The normalized spacial score (nSPS) is 12.2. The summed E-state index contributed by atoms with van der Waals surface area (Å²) in [6.45, 7) is 4.11. The lowest BCUT2D eigenvalue weighted by atomic mass is 10.0. The number of carboxylic acid groups (broad SMARTS) is 1. The average molecular weight is 380 g/mol. The predicted octanol–water partition coefficient (Wildman–Crippen LogP) is 2.87. The molecule has 0 saturated heterocycles. The summed E-state index contributed by atoms with van der Waals surface area (Å²) < 4.78 is 6.55. The van der Waals surface area contributed by atoms with Crippen molar-refractivity contribution in [1.29, 1.82) is 0 Å². The van der Waals surface area contributed by atoms with Gasteiger partial charge in [-0.25, -0.2) is 9.48 Å². The van der Waals surface area contributed by atoms with Crippen molar-refractivity contribution in [1.82, 2.24) is 15.1 Å². The molecule has 2 N–H and O–H groups in total. The van der Waals surface area contributed by atoms with Gasteiger partial charge in [-0.15, -0.1) is 0 Å². The molecule has 0 aliphatic rings. The summed E-state index contributed by atoms with van der Waals surface area (Å²) in [7, 11) is 1.48. The first-order valence-electron chi connectivity index (χ1n) is 8.21. The lowest BCUT2D eigenvalue weighted by molar-refractivity contribution is -0.139. The molecule has 1 atom stereocenters. The summed E-state index contributed by atoms with van der Waals surface area (Å²) in [5.74, 6) is -1.60. The van der Waals surface area contributed by atoms with Gasteiger partial charge in [-0.1, -0.05) is 31.5 Å². The van der Waals surface area contributed by atoms with Gasteiger partial charge in [-0.2, -0.15) is 5.10 Å². The SMILES string of the molecule is COCCC(NC(=O)c1cnn(-c2cccc(Cl)c2)c1C(C)C)C(=O)O. The Balaban J connectivity index is 2.34. The van der Waals surface area contributed by atoms with Crippen molar-refractivity contribution in [3.05, 3.63) is 46.7 Å². The van der Waals surface area contributed by atoms with Gasteiger partial charge in [0.1, 0.15) is 6.04 Å². The van der Waals surface area contributed by atoms with Crippen molar-refractivity contribution in [2.75, 3.05) is 13.7 Å². The molecule has 2 rings (SSSR count). The fourth-order valence-electron chi connectivity index (χ4n) is 2.63. The third-order valence-electron chi connectivity index (χ3n) is 3.86. The molecule has 2 aromatic rings. The Hall–Kier alpha value is -2.38. The van der Waals surface area contributed by atoms with Crippen LogP contribution in [0.4, 0.5) is 0 Å². The van der Waals surface area contributed by atoms with E-state index in [9.17, 15) is 14.7 Å². The van der Waals surface area contributed by atoms with Gasteiger partial charge in [0.25, 0.3) is 5.91 Å². The number of nitrogens with one attached hydrogen (secondary N) is 1. The number of aromatic nitrogens is 2. The minimum absolute atomic E-state index is 0.0144. The third-order valence-corrected chi connectivity index (χ3v) is 4.10. The highest BCUT2D eigenvalue weighted by molar-refractivity contribution is 6.30. The largest absolute Gasteiger partial charge is 0.480 e. The molecule has 1 aromatic carbocycles. The van der Waals surface area contributed by atoms with Crippen LogP contribution in [0.25, 0.3) is 5.69 Å². The number of hydrogen-bond donors (Lipinski definition) is 2. The number of benzene rings is 1. The summed E-state index contributed by atoms with van der Waals surface area (Å²) in [5, 5.41) is 16.7. The van der Waals surface area contributed by atoms with Crippen LogP contribution in [-0.4, -0.2) is 46.5 Å². The number of amides is 1. The Bertz CT molecular complexity index is 788. The molecule has 1 unspecified atom stereocenters. The zero-order valence-electron chi connectivity index (χ0n) is 14.9. The lowest BCUT2D eigenvalue weighted by Gasteiger charge is -2.16. The van der Waals surface area contributed by atoms with Crippen LogP contribution in [0.5, 0.6) is 0 Å². The first-order valence-corrected chi connectivity index (χ1v) is 8.59. The second kappa shape index (κ2) is 8.82. The van der Waals surface area contributed by atoms with Gasteiger partial charge in [0.2, 0.25) is 0 Å². The number of hydrogen-bond acceptors (Lipinski definition) is 4. The molecule has 1 amide bonds.